The van der Waals surface area contributed by atoms with Crippen molar-refractivity contribution in [3.63, 3.8) is 0 Å². The third-order valence-corrected chi connectivity index (χ3v) is 4.20. The molecule has 1 aromatic heterocycles. The second-order valence-electron chi connectivity index (χ2n) is 5.92. The maximum atomic E-state index is 12.5. The van der Waals surface area contributed by atoms with Crippen LogP contribution in [-0.4, -0.2) is 35.9 Å². The van der Waals surface area contributed by atoms with Gasteiger partial charge in [-0.15, -0.1) is 0 Å². The van der Waals surface area contributed by atoms with E-state index >= 15 is 0 Å². The minimum absolute atomic E-state index is 0.169. The van der Waals surface area contributed by atoms with E-state index in [-0.39, 0.29) is 11.3 Å². The van der Waals surface area contributed by atoms with Crippen molar-refractivity contribution in [3.8, 4) is 0 Å². The van der Waals surface area contributed by atoms with Crippen molar-refractivity contribution in [1.82, 2.24) is 9.88 Å². The highest BCUT2D eigenvalue weighted by Gasteiger charge is 2.18. The van der Waals surface area contributed by atoms with Crippen LogP contribution >= 0.6 is 0 Å². The molecule has 0 aliphatic carbocycles. The van der Waals surface area contributed by atoms with Gasteiger partial charge in [0, 0.05) is 50.7 Å². The maximum absolute atomic E-state index is 12.5. The minimum atomic E-state index is -0.182. The summed E-state index contributed by atoms with van der Waals surface area (Å²) < 4.78 is 0. The summed E-state index contributed by atoms with van der Waals surface area (Å²) in [5.74, 6) is -0.182. The Morgan fingerprint density at radius 3 is 2.70 bits per heavy atom. The molecule has 0 saturated carbocycles. The second kappa shape index (κ2) is 6.69. The fraction of sp³-hybridized carbons (Fsp3) is 0.333. The lowest BCUT2D eigenvalue weighted by Gasteiger charge is -2.24. The fourth-order valence-electron chi connectivity index (χ4n) is 3.01. The Kier molecular flexibility index (Phi) is 4.46. The van der Waals surface area contributed by atoms with E-state index in [1.165, 1.54) is 36.9 Å². The number of nitrogens with zero attached hydrogens (tertiary/aromatic N) is 2. The zero-order chi connectivity index (χ0) is 16.2. The van der Waals surface area contributed by atoms with Crippen LogP contribution in [0.25, 0.3) is 0 Å². The van der Waals surface area contributed by atoms with E-state index in [1.807, 2.05) is 12.1 Å². The molecule has 1 N–H and O–H groups in total. The number of carbonyl (C=O) groups excluding carboxylic acids is 1. The van der Waals surface area contributed by atoms with Gasteiger partial charge >= 0.3 is 0 Å². The molecule has 1 aliphatic rings. The standard InChI is InChI=1S/C18H21N3O2/c1-20(18(23)16-12-15(22)8-9-19-16)13-14-6-2-3-7-17(14)21-10-4-5-11-21/h2-3,6-9,12H,4-5,10-11,13H2,1H3,(H,19,22). The van der Waals surface area contributed by atoms with Gasteiger partial charge in [0.1, 0.15) is 5.69 Å². The van der Waals surface area contributed by atoms with Crippen LogP contribution in [0.1, 0.15) is 28.9 Å². The predicted molar refractivity (Wildman–Crippen MR) is 90.7 cm³/mol. The van der Waals surface area contributed by atoms with E-state index in [0.29, 0.717) is 12.2 Å². The minimum Gasteiger partial charge on any atom is -0.371 e. The Morgan fingerprint density at radius 2 is 1.96 bits per heavy atom. The summed E-state index contributed by atoms with van der Waals surface area (Å²) in [5, 5.41) is 0. The van der Waals surface area contributed by atoms with Crippen molar-refractivity contribution in [3.05, 3.63) is 64.1 Å². The molecular formula is C18H21N3O2. The fourth-order valence-corrected chi connectivity index (χ4v) is 3.01. The molecule has 1 amide bonds. The van der Waals surface area contributed by atoms with Gasteiger partial charge < -0.3 is 14.8 Å². The monoisotopic (exact) mass is 311 g/mol. The van der Waals surface area contributed by atoms with Crippen LogP contribution in [0.3, 0.4) is 0 Å². The number of aromatic nitrogens is 1. The van der Waals surface area contributed by atoms with Gasteiger partial charge in [0.15, 0.2) is 5.43 Å². The summed E-state index contributed by atoms with van der Waals surface area (Å²) in [7, 11) is 1.76. The highest BCUT2D eigenvalue weighted by Crippen LogP contribution is 2.25. The van der Waals surface area contributed by atoms with Crippen LogP contribution < -0.4 is 10.3 Å². The number of carbonyl (C=O) groups is 1. The van der Waals surface area contributed by atoms with Crippen LogP contribution in [0.15, 0.2) is 47.4 Å². The van der Waals surface area contributed by atoms with Gasteiger partial charge in [0.05, 0.1) is 0 Å². The second-order valence-corrected chi connectivity index (χ2v) is 5.92. The van der Waals surface area contributed by atoms with Gasteiger partial charge in [0.2, 0.25) is 0 Å². The Bertz CT molecular complexity index is 748. The zero-order valence-corrected chi connectivity index (χ0v) is 13.3. The number of aromatic amines is 1. The molecule has 1 aliphatic heterocycles. The van der Waals surface area contributed by atoms with Crippen LogP contribution in [0, 0.1) is 0 Å². The molecule has 5 nitrogen and oxygen atoms in total. The van der Waals surface area contributed by atoms with E-state index in [9.17, 15) is 9.59 Å². The van der Waals surface area contributed by atoms with Gasteiger partial charge in [-0.3, -0.25) is 9.59 Å². The Balaban J connectivity index is 1.79. The summed E-state index contributed by atoms with van der Waals surface area (Å²) in [4.78, 5) is 30.7. The number of amides is 1. The lowest BCUT2D eigenvalue weighted by atomic mass is 10.1. The summed E-state index contributed by atoms with van der Waals surface area (Å²) in [6.07, 6.45) is 3.93. The Hall–Kier alpha value is -2.56. The molecule has 2 aromatic rings. The van der Waals surface area contributed by atoms with Crippen LogP contribution in [0.4, 0.5) is 5.69 Å². The van der Waals surface area contributed by atoms with Gasteiger partial charge in [-0.25, -0.2) is 0 Å². The van der Waals surface area contributed by atoms with Gasteiger partial charge in [-0.1, -0.05) is 18.2 Å². The van der Waals surface area contributed by atoms with Crippen molar-refractivity contribution < 1.29 is 4.79 Å². The summed E-state index contributed by atoms with van der Waals surface area (Å²) in [6.45, 7) is 2.66. The van der Waals surface area contributed by atoms with Crippen LogP contribution in [0.5, 0.6) is 0 Å². The highest BCUT2D eigenvalue weighted by atomic mass is 16.2. The molecule has 0 atom stereocenters. The normalized spacial score (nSPS) is 14.0. The van der Waals surface area contributed by atoms with Gasteiger partial charge in [-0.2, -0.15) is 0 Å². The average Bonchev–Trinajstić information content (AvgIpc) is 3.09. The number of pyridine rings is 1. The average molecular weight is 311 g/mol. The van der Waals surface area contributed by atoms with E-state index in [1.54, 1.807) is 11.9 Å². The first-order chi connectivity index (χ1) is 11.1. The van der Waals surface area contributed by atoms with Crippen molar-refractivity contribution in [2.45, 2.75) is 19.4 Å². The SMILES string of the molecule is CN(Cc1ccccc1N1CCCC1)C(=O)c1cc(=O)cc[nH]1. The number of hydrogen-bond donors (Lipinski definition) is 1. The number of H-pyrrole nitrogens is 1. The Morgan fingerprint density at radius 1 is 1.22 bits per heavy atom. The summed E-state index contributed by atoms with van der Waals surface area (Å²) in [5.41, 5.74) is 2.48. The highest BCUT2D eigenvalue weighted by molar-refractivity contribution is 5.92. The van der Waals surface area contributed by atoms with E-state index in [0.717, 1.165) is 18.7 Å². The van der Waals surface area contributed by atoms with E-state index < -0.39 is 0 Å². The first-order valence-corrected chi connectivity index (χ1v) is 7.92. The number of para-hydroxylation sites is 1. The topological polar surface area (TPSA) is 56.4 Å². The van der Waals surface area contributed by atoms with Crippen LogP contribution in [-0.2, 0) is 6.54 Å². The zero-order valence-electron chi connectivity index (χ0n) is 13.3. The summed E-state index contributed by atoms with van der Waals surface area (Å²) in [6, 6.07) is 10.9. The van der Waals surface area contributed by atoms with Crippen molar-refractivity contribution in [1.29, 1.82) is 0 Å². The Labute approximate surface area is 135 Å². The van der Waals surface area contributed by atoms with Crippen molar-refractivity contribution in [2.75, 3.05) is 25.0 Å². The molecular weight excluding hydrogens is 290 g/mol. The quantitative estimate of drug-likeness (QED) is 0.942. The molecule has 0 radical (unpaired) electrons. The molecule has 1 fully saturated rings. The first kappa shape index (κ1) is 15.3. The maximum Gasteiger partial charge on any atom is 0.270 e. The van der Waals surface area contributed by atoms with Crippen LogP contribution in [0.2, 0.25) is 0 Å². The lowest BCUT2D eigenvalue weighted by Crippen LogP contribution is -2.29. The third-order valence-electron chi connectivity index (χ3n) is 4.20. The smallest absolute Gasteiger partial charge is 0.270 e. The van der Waals surface area contributed by atoms with Gasteiger partial charge in [0.25, 0.3) is 5.91 Å². The molecule has 0 bridgehead atoms. The number of nitrogens with one attached hydrogen (secondary N) is 1. The molecule has 0 spiro atoms. The third kappa shape index (κ3) is 3.44. The summed E-state index contributed by atoms with van der Waals surface area (Å²) >= 11 is 0. The van der Waals surface area contributed by atoms with E-state index in [2.05, 4.69) is 22.0 Å². The number of rotatable bonds is 4. The molecule has 1 aromatic carbocycles. The van der Waals surface area contributed by atoms with Crippen molar-refractivity contribution >= 4 is 11.6 Å². The lowest BCUT2D eigenvalue weighted by molar-refractivity contribution is 0.0779. The number of hydrogen-bond acceptors (Lipinski definition) is 3. The first-order valence-electron chi connectivity index (χ1n) is 7.92. The molecule has 0 unspecified atom stereocenters. The van der Waals surface area contributed by atoms with Gasteiger partial charge in [-0.05, 0) is 24.5 Å². The number of anilines is 1. The molecule has 3 rings (SSSR count). The number of benzene rings is 1. The van der Waals surface area contributed by atoms with E-state index in [4.69, 9.17) is 0 Å². The largest absolute Gasteiger partial charge is 0.371 e. The van der Waals surface area contributed by atoms with Crippen molar-refractivity contribution in [2.24, 2.45) is 0 Å². The molecule has 5 heteroatoms. The molecule has 2 heterocycles. The molecule has 23 heavy (non-hydrogen) atoms. The molecule has 120 valence electrons. The molecule has 1 saturated heterocycles. The predicted octanol–water partition coefficient (Wildman–Crippen LogP) is 2.25.